The standard InChI is InChI=1S/C20H21N5O2/c1-24(19(26)17-13-22-23-14-17)10-11-25(2)20(27)18-9-8-16(12-21-18)15-6-4-3-5-7-15/h3-9,12-14H,10-11H2,1-2H3,(H,22,23). The number of pyridine rings is 1. The van der Waals surface area contributed by atoms with Crippen molar-refractivity contribution in [3.05, 3.63) is 72.3 Å². The van der Waals surface area contributed by atoms with Gasteiger partial charge >= 0.3 is 0 Å². The Bertz CT molecular complexity index is 892. The van der Waals surface area contributed by atoms with Crippen LogP contribution < -0.4 is 0 Å². The summed E-state index contributed by atoms with van der Waals surface area (Å²) < 4.78 is 0. The number of likely N-dealkylation sites (N-methyl/N-ethyl adjacent to an activating group) is 2. The van der Waals surface area contributed by atoms with Crippen LogP contribution in [0.25, 0.3) is 11.1 Å². The number of carbonyl (C=O) groups is 2. The monoisotopic (exact) mass is 363 g/mol. The molecule has 3 rings (SSSR count). The Morgan fingerprint density at radius 1 is 0.889 bits per heavy atom. The Kier molecular flexibility index (Phi) is 5.61. The zero-order chi connectivity index (χ0) is 19.2. The third kappa shape index (κ3) is 4.38. The number of amides is 2. The molecule has 0 fully saturated rings. The van der Waals surface area contributed by atoms with Crippen molar-refractivity contribution in [1.82, 2.24) is 25.0 Å². The molecule has 0 spiro atoms. The maximum Gasteiger partial charge on any atom is 0.272 e. The number of benzene rings is 1. The Morgan fingerprint density at radius 3 is 2.19 bits per heavy atom. The molecule has 0 radical (unpaired) electrons. The van der Waals surface area contributed by atoms with Gasteiger partial charge in [0.2, 0.25) is 0 Å². The number of nitrogens with zero attached hydrogens (tertiary/aromatic N) is 4. The zero-order valence-corrected chi connectivity index (χ0v) is 15.3. The average molecular weight is 363 g/mol. The van der Waals surface area contributed by atoms with Crippen LogP contribution in [0.5, 0.6) is 0 Å². The number of hydrogen-bond acceptors (Lipinski definition) is 4. The molecule has 0 aliphatic heterocycles. The second-order valence-corrected chi connectivity index (χ2v) is 6.24. The Hall–Kier alpha value is -3.48. The molecule has 0 bridgehead atoms. The lowest BCUT2D eigenvalue weighted by Gasteiger charge is -2.22. The molecule has 138 valence electrons. The number of rotatable bonds is 6. The number of aromatic nitrogens is 3. The topological polar surface area (TPSA) is 82.2 Å². The molecule has 0 saturated heterocycles. The fourth-order valence-corrected chi connectivity index (χ4v) is 2.61. The highest BCUT2D eigenvalue weighted by molar-refractivity contribution is 5.94. The van der Waals surface area contributed by atoms with E-state index in [2.05, 4.69) is 15.2 Å². The van der Waals surface area contributed by atoms with Crippen LogP contribution in [0.2, 0.25) is 0 Å². The first-order chi connectivity index (χ1) is 13.1. The van der Waals surface area contributed by atoms with Crippen molar-refractivity contribution in [2.45, 2.75) is 0 Å². The Balaban J connectivity index is 1.58. The molecule has 2 aromatic heterocycles. The van der Waals surface area contributed by atoms with Gasteiger partial charge in [-0.2, -0.15) is 5.10 Å². The van der Waals surface area contributed by atoms with Gasteiger partial charge in [-0.05, 0) is 11.6 Å². The second kappa shape index (κ2) is 8.27. The van der Waals surface area contributed by atoms with E-state index in [4.69, 9.17) is 0 Å². The number of hydrogen-bond donors (Lipinski definition) is 1. The molecule has 7 heteroatoms. The van der Waals surface area contributed by atoms with Crippen LogP contribution >= 0.6 is 0 Å². The van der Waals surface area contributed by atoms with Crippen LogP contribution in [0.1, 0.15) is 20.8 Å². The molecule has 2 heterocycles. The van der Waals surface area contributed by atoms with E-state index in [1.54, 1.807) is 42.4 Å². The van der Waals surface area contributed by atoms with E-state index in [1.807, 2.05) is 36.4 Å². The van der Waals surface area contributed by atoms with Crippen LogP contribution in [0.15, 0.2) is 61.1 Å². The summed E-state index contributed by atoms with van der Waals surface area (Å²) in [5.41, 5.74) is 2.88. The normalized spacial score (nSPS) is 10.4. The largest absolute Gasteiger partial charge is 0.340 e. The van der Waals surface area contributed by atoms with Crippen LogP contribution in [-0.4, -0.2) is 64.0 Å². The maximum absolute atomic E-state index is 12.5. The molecular weight excluding hydrogens is 342 g/mol. The molecule has 2 amide bonds. The van der Waals surface area contributed by atoms with Crippen molar-refractivity contribution in [3.8, 4) is 11.1 Å². The predicted molar refractivity (Wildman–Crippen MR) is 102 cm³/mol. The minimum absolute atomic E-state index is 0.144. The van der Waals surface area contributed by atoms with Crippen LogP contribution in [0.4, 0.5) is 0 Å². The van der Waals surface area contributed by atoms with E-state index in [9.17, 15) is 9.59 Å². The van der Waals surface area contributed by atoms with Crippen LogP contribution in [0.3, 0.4) is 0 Å². The molecule has 0 saturated carbocycles. The number of nitrogens with one attached hydrogen (secondary N) is 1. The van der Waals surface area contributed by atoms with Crippen molar-refractivity contribution in [2.75, 3.05) is 27.2 Å². The van der Waals surface area contributed by atoms with Gasteiger partial charge in [0.1, 0.15) is 5.69 Å². The van der Waals surface area contributed by atoms with Crippen molar-refractivity contribution >= 4 is 11.8 Å². The van der Waals surface area contributed by atoms with Gasteiger partial charge in [0, 0.05) is 45.1 Å². The quantitative estimate of drug-likeness (QED) is 0.729. The molecule has 1 aromatic carbocycles. The smallest absolute Gasteiger partial charge is 0.272 e. The highest BCUT2D eigenvalue weighted by atomic mass is 16.2. The van der Waals surface area contributed by atoms with E-state index >= 15 is 0 Å². The third-order valence-electron chi connectivity index (χ3n) is 4.30. The minimum atomic E-state index is -0.182. The van der Waals surface area contributed by atoms with Crippen molar-refractivity contribution in [2.24, 2.45) is 0 Å². The highest BCUT2D eigenvalue weighted by Gasteiger charge is 2.17. The van der Waals surface area contributed by atoms with Gasteiger partial charge in [-0.25, -0.2) is 0 Å². The fraction of sp³-hybridized carbons (Fsp3) is 0.200. The molecule has 0 atom stereocenters. The molecular formula is C20H21N5O2. The molecule has 0 aliphatic rings. The number of carbonyl (C=O) groups excluding carboxylic acids is 2. The minimum Gasteiger partial charge on any atom is -0.340 e. The number of H-pyrrole nitrogens is 1. The first-order valence-corrected chi connectivity index (χ1v) is 8.57. The predicted octanol–water partition coefficient (Wildman–Crippen LogP) is 2.32. The molecule has 7 nitrogen and oxygen atoms in total. The van der Waals surface area contributed by atoms with E-state index in [1.165, 1.54) is 6.20 Å². The molecule has 0 unspecified atom stereocenters. The fourth-order valence-electron chi connectivity index (χ4n) is 2.61. The lowest BCUT2D eigenvalue weighted by atomic mass is 10.1. The molecule has 0 aliphatic carbocycles. The van der Waals surface area contributed by atoms with Gasteiger partial charge in [-0.3, -0.25) is 19.7 Å². The summed E-state index contributed by atoms with van der Waals surface area (Å²) >= 11 is 0. The first-order valence-electron chi connectivity index (χ1n) is 8.57. The van der Waals surface area contributed by atoms with E-state index in [0.717, 1.165) is 11.1 Å². The van der Waals surface area contributed by atoms with Gasteiger partial charge in [0.15, 0.2) is 0 Å². The molecule has 27 heavy (non-hydrogen) atoms. The summed E-state index contributed by atoms with van der Waals surface area (Å²) in [6, 6.07) is 13.5. The third-order valence-corrected chi connectivity index (χ3v) is 4.30. The Labute approximate surface area is 157 Å². The van der Waals surface area contributed by atoms with Gasteiger partial charge in [0.05, 0.1) is 11.8 Å². The summed E-state index contributed by atoms with van der Waals surface area (Å²) in [6.45, 7) is 0.815. The van der Waals surface area contributed by atoms with Crippen LogP contribution in [0, 0.1) is 0 Å². The highest BCUT2D eigenvalue weighted by Crippen LogP contribution is 2.18. The summed E-state index contributed by atoms with van der Waals surface area (Å²) in [4.78, 5) is 32.1. The summed E-state index contributed by atoms with van der Waals surface area (Å²) in [5, 5.41) is 6.39. The second-order valence-electron chi connectivity index (χ2n) is 6.24. The first kappa shape index (κ1) is 18.3. The summed E-state index contributed by atoms with van der Waals surface area (Å²) in [5.74, 6) is -0.325. The van der Waals surface area contributed by atoms with Gasteiger partial charge in [-0.15, -0.1) is 0 Å². The van der Waals surface area contributed by atoms with Crippen molar-refractivity contribution < 1.29 is 9.59 Å². The van der Waals surface area contributed by atoms with Crippen molar-refractivity contribution in [1.29, 1.82) is 0 Å². The van der Waals surface area contributed by atoms with Crippen molar-refractivity contribution in [3.63, 3.8) is 0 Å². The van der Waals surface area contributed by atoms with Gasteiger partial charge in [-0.1, -0.05) is 36.4 Å². The van der Waals surface area contributed by atoms with Gasteiger partial charge in [0.25, 0.3) is 11.8 Å². The van der Waals surface area contributed by atoms with Crippen LogP contribution in [-0.2, 0) is 0 Å². The lowest BCUT2D eigenvalue weighted by Crippen LogP contribution is -2.37. The SMILES string of the molecule is CN(CCN(C)C(=O)c1ccc(-c2ccccc2)cn1)C(=O)c1cn[nH]c1. The van der Waals surface area contributed by atoms with Gasteiger partial charge < -0.3 is 9.80 Å². The summed E-state index contributed by atoms with van der Waals surface area (Å²) in [6.07, 6.45) is 4.72. The Morgan fingerprint density at radius 2 is 1.59 bits per heavy atom. The summed E-state index contributed by atoms with van der Waals surface area (Å²) in [7, 11) is 3.39. The molecule has 3 aromatic rings. The number of aromatic amines is 1. The average Bonchev–Trinajstić information content (AvgIpc) is 3.26. The van der Waals surface area contributed by atoms with E-state index < -0.39 is 0 Å². The van der Waals surface area contributed by atoms with E-state index in [0.29, 0.717) is 24.3 Å². The zero-order valence-electron chi connectivity index (χ0n) is 15.3. The maximum atomic E-state index is 12.5. The molecule has 1 N–H and O–H groups in total. The lowest BCUT2D eigenvalue weighted by molar-refractivity contribution is 0.0716. The van der Waals surface area contributed by atoms with E-state index in [-0.39, 0.29) is 11.8 Å².